The largest absolute Gasteiger partial charge is 2.00 e. The van der Waals surface area contributed by atoms with Crippen LogP contribution in [-0.2, 0) is 42.8 Å². The van der Waals surface area contributed by atoms with Crippen LogP contribution in [0.15, 0.2) is 24.3 Å². The Bertz CT molecular complexity index is 1800. The van der Waals surface area contributed by atoms with E-state index in [1.54, 1.807) is 0 Å². The van der Waals surface area contributed by atoms with Crippen LogP contribution in [0.3, 0.4) is 0 Å². The van der Waals surface area contributed by atoms with Crippen molar-refractivity contribution in [2.45, 2.75) is 113 Å². The normalized spacial score (nSPS) is 15.5. The number of aryl methyl sites for hydroxylation is 4. The van der Waals surface area contributed by atoms with Crippen molar-refractivity contribution in [2.24, 2.45) is 0 Å². The summed E-state index contributed by atoms with van der Waals surface area (Å²) in [5.41, 5.74) is 12.3. The van der Waals surface area contributed by atoms with Gasteiger partial charge in [0.1, 0.15) is 0 Å². The molecule has 0 saturated heterocycles. The number of hydrogen-bond acceptors (Lipinski definition) is 6. The van der Waals surface area contributed by atoms with Gasteiger partial charge in [-0.25, -0.2) is 9.97 Å². The van der Waals surface area contributed by atoms with Crippen molar-refractivity contribution in [1.29, 1.82) is 0 Å². The van der Waals surface area contributed by atoms with Gasteiger partial charge in [-0.2, -0.15) is 0 Å². The minimum atomic E-state index is 0. The second kappa shape index (κ2) is 14.4. The number of aromatic nitrogens is 8. The van der Waals surface area contributed by atoms with E-state index >= 15 is 0 Å². The summed E-state index contributed by atoms with van der Waals surface area (Å²) in [5.74, 6) is 2.88. The second-order valence-electron chi connectivity index (χ2n) is 11.5. The number of benzene rings is 1. The van der Waals surface area contributed by atoms with E-state index in [9.17, 15) is 0 Å². The van der Waals surface area contributed by atoms with Gasteiger partial charge in [0.25, 0.3) is 0 Å². The molecule has 1 radical (unpaired) electrons. The van der Waals surface area contributed by atoms with E-state index in [1.165, 1.54) is 33.4 Å². The van der Waals surface area contributed by atoms with Crippen molar-refractivity contribution in [1.82, 2.24) is 39.9 Å². The van der Waals surface area contributed by atoms with Gasteiger partial charge >= 0.3 is 17.1 Å². The van der Waals surface area contributed by atoms with Gasteiger partial charge < -0.3 is 29.9 Å². The van der Waals surface area contributed by atoms with Crippen LogP contribution < -0.4 is 9.97 Å². The van der Waals surface area contributed by atoms with Crippen molar-refractivity contribution in [3.8, 4) is 22.8 Å². The van der Waals surface area contributed by atoms with E-state index < -0.39 is 0 Å². The van der Waals surface area contributed by atoms with Crippen LogP contribution in [0.25, 0.3) is 56.5 Å². The Hall–Kier alpha value is -3.68. The van der Waals surface area contributed by atoms with Gasteiger partial charge in [-0.05, 0) is 110 Å². The van der Waals surface area contributed by atoms with Gasteiger partial charge in [-0.1, -0.05) is 60.4 Å². The Morgan fingerprint density at radius 2 is 0.739 bits per heavy atom. The number of allylic oxidation sites excluding steroid dienone is 2. The van der Waals surface area contributed by atoms with E-state index in [-0.39, 0.29) is 39.3 Å². The van der Waals surface area contributed by atoms with Crippen LogP contribution in [0.5, 0.6) is 0 Å². The van der Waals surface area contributed by atoms with E-state index in [1.807, 2.05) is 26.0 Å². The van der Waals surface area contributed by atoms with Crippen molar-refractivity contribution in [3.05, 3.63) is 58.2 Å². The molecular formula is C37H46CuN8. The predicted molar refractivity (Wildman–Crippen MR) is 185 cm³/mol. The third kappa shape index (κ3) is 5.73. The monoisotopic (exact) mass is 665 g/mol. The summed E-state index contributed by atoms with van der Waals surface area (Å²) in [5, 5.41) is 0. The molecule has 1 aromatic carbocycles. The topological polar surface area (TPSA) is 106 Å². The number of rotatable bonds is 0. The Labute approximate surface area is 284 Å². The van der Waals surface area contributed by atoms with Crippen LogP contribution in [0.2, 0.25) is 0 Å². The molecule has 4 aromatic rings. The summed E-state index contributed by atoms with van der Waals surface area (Å²) in [6.07, 6.45) is 12.7. The fraction of sp³-hybridized carbons (Fsp3) is 0.459. The van der Waals surface area contributed by atoms with Crippen LogP contribution in [0.4, 0.5) is 0 Å². The standard InChI is InChI=1S/C32H28N8.C2H6.3CH4.Cu/c1-2-10-18-17(9-1)25-33-26(18)38-28-21-13-5-6-14-22(21)30(35-28)40-32-24-16-8-7-15-23(24)31(36-32)39-29-20-12-4-3-11-19(20)27(34-29)37-25;1-2;;;;/h1-2,9-10H,3-8,11-16H2;1-2H3;3*1H4;/q-2;;;;;+2. The minimum Gasteiger partial charge on any atom is -0.358 e. The van der Waals surface area contributed by atoms with Gasteiger partial charge in [0, 0.05) is 33.7 Å². The Balaban J connectivity index is 0.000000786. The summed E-state index contributed by atoms with van der Waals surface area (Å²) in [7, 11) is 0. The molecule has 0 N–H and O–H groups in total. The van der Waals surface area contributed by atoms with Crippen LogP contribution in [-0.4, -0.2) is 29.9 Å². The molecule has 46 heavy (non-hydrogen) atoms. The summed E-state index contributed by atoms with van der Waals surface area (Å²) in [6.45, 7) is 4.00. The average molecular weight is 666 g/mol. The van der Waals surface area contributed by atoms with Crippen molar-refractivity contribution >= 4 is 33.7 Å². The summed E-state index contributed by atoms with van der Waals surface area (Å²) in [6, 6.07) is 8.21. The Morgan fingerprint density at radius 1 is 0.435 bits per heavy atom. The average Bonchev–Trinajstić information content (AvgIpc) is 3.78. The fourth-order valence-electron chi connectivity index (χ4n) is 7.12. The molecule has 9 heteroatoms. The molecule has 0 spiro atoms. The number of hydrogen-bond donors (Lipinski definition) is 0. The molecule has 8 nitrogen and oxygen atoms in total. The maximum atomic E-state index is 5.14. The van der Waals surface area contributed by atoms with E-state index in [0.29, 0.717) is 11.6 Å². The molecule has 5 aliphatic rings. The molecule has 245 valence electrons. The maximum absolute atomic E-state index is 5.14. The number of nitrogens with zero attached hydrogens (tertiary/aromatic N) is 8. The second-order valence-corrected chi connectivity index (χ2v) is 11.5. The van der Waals surface area contributed by atoms with Gasteiger partial charge in [0.15, 0.2) is 0 Å². The maximum Gasteiger partial charge on any atom is 2.00 e. The van der Waals surface area contributed by atoms with Gasteiger partial charge in [-0.15, -0.1) is 0 Å². The molecule has 3 aliphatic carbocycles. The summed E-state index contributed by atoms with van der Waals surface area (Å²) in [4.78, 5) is 40.5. The third-order valence-corrected chi connectivity index (χ3v) is 9.13. The predicted octanol–water partition coefficient (Wildman–Crippen LogP) is 8.66. The summed E-state index contributed by atoms with van der Waals surface area (Å²) >= 11 is 0. The van der Waals surface area contributed by atoms with Gasteiger partial charge in [-0.3, -0.25) is 0 Å². The van der Waals surface area contributed by atoms with E-state index in [2.05, 4.69) is 12.1 Å². The van der Waals surface area contributed by atoms with E-state index in [4.69, 9.17) is 39.9 Å². The molecule has 9 rings (SSSR count). The SMILES string of the molecule is C.C.C.CC.[Cu+2].c1ccc2c(c1)-c1nc-2nc2[n-]c(nc3nc(nc4[n-]c(n1)c1c4CCCC1)C1=C3CCCC1)c1c2CCCC1. The van der Waals surface area contributed by atoms with Crippen molar-refractivity contribution in [3.63, 3.8) is 0 Å². The molecule has 0 unspecified atom stereocenters. The number of fused-ring (bicyclic) bond motifs is 19. The Morgan fingerprint density at radius 3 is 1.11 bits per heavy atom. The zero-order valence-corrected chi connectivity index (χ0v) is 25.6. The van der Waals surface area contributed by atoms with Crippen LogP contribution in [0, 0.1) is 0 Å². The quantitative estimate of drug-likeness (QED) is 0.151. The van der Waals surface area contributed by atoms with Crippen LogP contribution >= 0.6 is 0 Å². The molecule has 0 atom stereocenters. The van der Waals surface area contributed by atoms with Crippen molar-refractivity contribution < 1.29 is 17.1 Å². The van der Waals surface area contributed by atoms with Gasteiger partial charge in [0.2, 0.25) is 0 Å². The first-order chi connectivity index (χ1) is 20.8. The molecule has 5 heterocycles. The fourth-order valence-corrected chi connectivity index (χ4v) is 7.12. The molecule has 8 bridgehead atoms. The van der Waals surface area contributed by atoms with E-state index in [0.717, 1.165) is 122 Å². The molecule has 3 aromatic heterocycles. The first kappa shape index (κ1) is 35.2. The Kier molecular flexibility index (Phi) is 11.0. The smallest absolute Gasteiger partial charge is 0.358 e. The zero-order chi connectivity index (χ0) is 28.2. The zero-order valence-electron chi connectivity index (χ0n) is 24.7. The molecule has 0 amide bonds. The first-order valence-corrected chi connectivity index (χ1v) is 15.8. The van der Waals surface area contributed by atoms with Crippen LogP contribution in [0.1, 0.15) is 121 Å². The summed E-state index contributed by atoms with van der Waals surface area (Å²) < 4.78 is 0. The molecule has 2 aliphatic heterocycles. The molecular weight excluding hydrogens is 620 g/mol. The molecule has 0 fully saturated rings. The molecule has 0 saturated carbocycles. The first-order valence-electron chi connectivity index (χ1n) is 15.8. The van der Waals surface area contributed by atoms with Crippen molar-refractivity contribution in [2.75, 3.05) is 0 Å². The van der Waals surface area contributed by atoms with Gasteiger partial charge in [0.05, 0.1) is 23.3 Å². The third-order valence-electron chi connectivity index (χ3n) is 9.13. The minimum absolute atomic E-state index is 0.